The van der Waals surface area contributed by atoms with Crippen molar-refractivity contribution in [1.29, 1.82) is 0 Å². The maximum atomic E-state index is 12.7. The van der Waals surface area contributed by atoms with Crippen LogP contribution >= 0.6 is 0 Å². The van der Waals surface area contributed by atoms with E-state index in [2.05, 4.69) is 194 Å². The number of azide groups is 1. The fourth-order valence-corrected chi connectivity index (χ4v) is 29.2. The molecule has 20 nitrogen and oxygen atoms in total. The summed E-state index contributed by atoms with van der Waals surface area (Å²) in [5, 5.41) is 11.9. The Labute approximate surface area is 602 Å². The van der Waals surface area contributed by atoms with Gasteiger partial charge in [0, 0.05) is 78.8 Å². The molecule has 9 rings (SSSR count). The molecule has 2 saturated heterocycles. The number of hydroxylamine groups is 4. The van der Waals surface area contributed by atoms with Gasteiger partial charge in [-0.05, 0) is 77.5 Å². The van der Waals surface area contributed by atoms with E-state index in [1.807, 2.05) is 26.0 Å². The van der Waals surface area contributed by atoms with Crippen molar-refractivity contribution < 1.29 is 74.4 Å². The predicted octanol–water partition coefficient (Wildman–Crippen LogP) is 13.3. The molecular weight excluding hydrogens is 1400 g/mol. The molecule has 22 heteroatoms. The number of nitrogens with one attached hydrogen (secondary N) is 1. The molecule has 0 saturated carbocycles. The molecule has 5 aromatic rings. The zero-order valence-electron chi connectivity index (χ0n) is 60.0. The average molecular weight is 1500 g/mol. The first kappa shape index (κ1) is 84.5. The van der Waals surface area contributed by atoms with Crippen molar-refractivity contribution in [2.45, 2.75) is 184 Å². The number of ether oxygens (including phenoxy) is 3. The summed E-state index contributed by atoms with van der Waals surface area (Å²) in [5.74, 6) is -2.94. The largest absolute Gasteiger partial charge is 1.00 e. The molecule has 0 unspecified atom stereocenters. The van der Waals surface area contributed by atoms with E-state index in [0.717, 1.165) is 19.4 Å². The van der Waals surface area contributed by atoms with Gasteiger partial charge in [-0.15, -0.1) is 5.06 Å². The Kier molecular flexibility index (Phi) is 35.8. The topological polar surface area (TPSA) is 239 Å². The molecule has 0 bridgehead atoms. The Morgan fingerprint density at radius 3 is 1.78 bits per heavy atom. The third-order valence-corrected chi connectivity index (χ3v) is 33.8. The molecule has 4 heterocycles. The molecule has 1 N–H and O–H groups in total. The molecular formula is C78H107ClN8O12Sn. The first-order valence-electron chi connectivity index (χ1n) is 35.0. The number of rotatable bonds is 31. The van der Waals surface area contributed by atoms with Crippen molar-refractivity contribution in [3.63, 3.8) is 0 Å². The minimum Gasteiger partial charge on any atom is -1.00 e. The Morgan fingerprint density at radius 2 is 1.20 bits per heavy atom. The van der Waals surface area contributed by atoms with Crippen LogP contribution < -0.4 is 26.2 Å². The quantitative estimate of drug-likeness (QED) is 0.00635. The van der Waals surface area contributed by atoms with Gasteiger partial charge in [0.1, 0.15) is 13.7 Å². The number of allylic oxidation sites excluding steroid dienone is 6. The molecule has 0 atom stereocenters. The van der Waals surface area contributed by atoms with Crippen molar-refractivity contribution >= 4 is 102 Å². The number of fused-ring (bicyclic) bond motifs is 6. The van der Waals surface area contributed by atoms with Gasteiger partial charge >= 0.3 is 191 Å². The smallest absolute Gasteiger partial charge is 0.406 e. The zero-order chi connectivity index (χ0) is 71.3. The van der Waals surface area contributed by atoms with Crippen LogP contribution in [-0.2, 0) is 58.7 Å². The van der Waals surface area contributed by atoms with Gasteiger partial charge in [-0.3, -0.25) is 9.59 Å². The van der Waals surface area contributed by atoms with Crippen molar-refractivity contribution in [2.24, 2.45) is 5.11 Å². The van der Waals surface area contributed by atoms with Crippen LogP contribution in [0.4, 0.5) is 16.2 Å². The van der Waals surface area contributed by atoms with Crippen molar-refractivity contribution in [1.82, 2.24) is 15.4 Å². The van der Waals surface area contributed by atoms with E-state index in [0.29, 0.717) is 55.1 Å². The number of anilines is 1. The van der Waals surface area contributed by atoms with Gasteiger partial charge in [0.2, 0.25) is 5.69 Å². The van der Waals surface area contributed by atoms with E-state index in [9.17, 15) is 33.6 Å². The molecule has 542 valence electrons. The standard InChI is InChI=1S/C44H46N3O4.C11H8NO4.C8H16N4O4.3C4H9.C2H6.CH4.ClH.Sn/c1-43(2)36(45(5)34-25-23-30-16-11-13-18-32(30)41(34)43)20-8-6-9-21-37-44(3,4)42-33-19-14-12-17-31(33)24-26-35(42)46(37)29-15-7-10-22-40(50)51-47-38(48)27-28-39(47)49;13-9-6-7-10(14)12(9)16-11(15)8-4-2-1-3-5-8;1-10-8(13)16-7-6-15-5-4-14-3-2-11-12-9;3*1-3-4-2;1-2;;;/h6,8-9,11-14,16-21,23-26H,7,10,15,22,27-29H2,1-5H3;1-2,4-5H,6-7H2;2-7H2,1H3,(H,10,13);3*1,3-4H2,2H3;1-2H3;1H4;1H;/q+1;;;;;;;;;/p-1. The number of nitrogens with zero attached hydrogens (tertiary/aromatic N) is 7. The van der Waals surface area contributed by atoms with Crippen LogP contribution in [0.25, 0.3) is 32.0 Å². The first-order valence-corrected chi connectivity index (χ1v) is 42.5. The van der Waals surface area contributed by atoms with E-state index >= 15 is 0 Å². The van der Waals surface area contributed by atoms with Gasteiger partial charge in [-0.1, -0.05) is 119 Å². The summed E-state index contributed by atoms with van der Waals surface area (Å²) >= 11 is -2.66. The van der Waals surface area contributed by atoms with E-state index < -0.39 is 60.0 Å². The van der Waals surface area contributed by atoms with E-state index in [1.54, 1.807) is 6.07 Å². The Balaban J connectivity index is 0.000000366. The molecule has 0 aromatic heterocycles. The van der Waals surface area contributed by atoms with Crippen LogP contribution in [0.5, 0.6) is 0 Å². The van der Waals surface area contributed by atoms with Crippen LogP contribution in [0.2, 0.25) is 13.3 Å². The van der Waals surface area contributed by atoms with Gasteiger partial charge in [0.25, 0.3) is 11.8 Å². The molecule has 5 amide bonds. The second-order valence-corrected chi connectivity index (χ2v) is 38.8. The van der Waals surface area contributed by atoms with E-state index in [1.165, 1.54) is 118 Å². The average Bonchev–Trinajstić information content (AvgIpc) is 1.58. The van der Waals surface area contributed by atoms with Crippen LogP contribution in [0.15, 0.2) is 138 Å². The van der Waals surface area contributed by atoms with Crippen molar-refractivity contribution in [3.05, 3.63) is 160 Å². The number of imide groups is 2. The van der Waals surface area contributed by atoms with Gasteiger partial charge in [0.15, 0.2) is 5.71 Å². The molecule has 2 fully saturated rings. The Hall–Kier alpha value is -7.88. The number of amides is 5. The monoisotopic (exact) mass is 1500 g/mol. The number of unbranched alkanes of at least 4 members (excludes halogenated alkanes) is 5. The van der Waals surface area contributed by atoms with Gasteiger partial charge in [-0.25, -0.2) is 9.59 Å². The third kappa shape index (κ3) is 22.3. The summed E-state index contributed by atoms with van der Waals surface area (Å²) < 4.78 is 22.5. The molecule has 100 heavy (non-hydrogen) atoms. The second-order valence-electron chi connectivity index (χ2n) is 25.6. The Bertz CT molecular complexity index is 3710. The molecule has 0 aliphatic carbocycles. The molecule has 0 spiro atoms. The summed E-state index contributed by atoms with van der Waals surface area (Å²) in [6.07, 6.45) is 20.6. The first-order chi connectivity index (χ1) is 47.3. The van der Waals surface area contributed by atoms with Gasteiger partial charge in [-0.2, -0.15) is 4.58 Å². The summed E-state index contributed by atoms with van der Waals surface area (Å²) in [6.45, 7) is 22.8. The number of halogens is 1. The van der Waals surface area contributed by atoms with Gasteiger partial charge in [0.05, 0.1) is 31.8 Å². The number of carbonyl (C=O) groups excluding carboxylic acids is 7. The predicted molar refractivity (Wildman–Crippen MR) is 396 cm³/mol. The summed E-state index contributed by atoms with van der Waals surface area (Å²) in [7, 11) is 3.65. The number of hydrogen-bond donors (Lipinski definition) is 1. The minimum atomic E-state index is -2.66. The van der Waals surface area contributed by atoms with Crippen LogP contribution in [0.1, 0.15) is 181 Å². The van der Waals surface area contributed by atoms with E-state index in [4.69, 9.17) is 24.7 Å². The molecule has 5 aromatic carbocycles. The maximum Gasteiger partial charge on any atom is 0.406 e. The number of hydrogen-bond acceptors (Lipinski definition) is 14. The summed E-state index contributed by atoms with van der Waals surface area (Å²) in [5.41, 5.74) is 15.7. The van der Waals surface area contributed by atoms with Crippen LogP contribution in [-0.4, -0.2) is 141 Å². The summed E-state index contributed by atoms with van der Waals surface area (Å²) in [4.78, 5) is 98.0. The minimum absolute atomic E-state index is 0. The zero-order valence-corrected chi connectivity index (χ0v) is 63.6. The fraction of sp³-hybridized carbons (Fsp3) is 0.487. The van der Waals surface area contributed by atoms with E-state index in [-0.39, 0.29) is 69.4 Å². The normalized spacial score (nSPS) is 15.3. The SMILES string of the molecule is C.CC.CCC[CH2][Sn]([CH2]CCC)([CH2]CCC)[c]1cccc(C(=O)ON2C(=O)CCC2=O)c1.CNC(=O)OCCOCCOCCN=[N+]=[N-].C[N+]1=C(C=CC=CC=C2N(CCCCCC(=O)ON3C(=O)CCC3=O)c3ccc4ccccc4c3C2(C)C)C(C)(C)c2c1ccc1ccccc21.[Cl-]. The Morgan fingerprint density at radius 1 is 0.650 bits per heavy atom. The molecule has 4 aliphatic heterocycles. The molecule has 4 aliphatic rings. The number of carbonyl (C=O) groups is 7. The van der Waals surface area contributed by atoms with Crippen molar-refractivity contribution in [2.75, 3.05) is 65.1 Å². The van der Waals surface area contributed by atoms with Crippen LogP contribution in [0.3, 0.4) is 0 Å². The molecule has 0 radical (unpaired) electrons. The summed E-state index contributed by atoms with van der Waals surface area (Å²) in [6, 6.07) is 34.0. The van der Waals surface area contributed by atoms with Gasteiger partial charge < -0.3 is 41.7 Å². The van der Waals surface area contributed by atoms with Crippen molar-refractivity contribution in [3.8, 4) is 0 Å². The maximum absolute atomic E-state index is 12.7. The number of alkyl carbamates (subject to hydrolysis) is 1. The fourth-order valence-electron chi connectivity index (χ4n) is 13.2. The third-order valence-electron chi connectivity index (χ3n) is 18.2. The van der Waals surface area contributed by atoms with Crippen LogP contribution in [0, 0.1) is 0 Å². The second kappa shape index (κ2) is 42.4. The number of benzene rings is 5.